The Morgan fingerprint density at radius 1 is 1.21 bits per heavy atom. The van der Waals surface area contributed by atoms with Gasteiger partial charge >= 0.3 is 0 Å². The number of amides is 2. The summed E-state index contributed by atoms with van der Waals surface area (Å²) in [6, 6.07) is 17.1. The second kappa shape index (κ2) is 10.7. The van der Waals surface area contributed by atoms with Crippen molar-refractivity contribution in [2.24, 2.45) is 5.92 Å². The van der Waals surface area contributed by atoms with Crippen LogP contribution in [0, 0.1) is 12.8 Å². The molecule has 0 unspecified atom stereocenters. The minimum Gasteiger partial charge on any atom is -0.490 e. The fraction of sp³-hybridized carbons (Fsp3) is 0.346. The van der Waals surface area contributed by atoms with Crippen LogP contribution in [-0.2, 0) is 11.3 Å². The van der Waals surface area contributed by atoms with Gasteiger partial charge in [0.1, 0.15) is 17.6 Å². The van der Waals surface area contributed by atoms with Crippen molar-refractivity contribution in [2.45, 2.75) is 32.4 Å². The summed E-state index contributed by atoms with van der Waals surface area (Å²) in [4.78, 5) is 33.7. The molecule has 178 valence electrons. The third kappa shape index (κ3) is 5.78. The van der Waals surface area contributed by atoms with E-state index in [1.54, 1.807) is 35.9 Å². The first-order chi connectivity index (χ1) is 16.4. The Labute approximate surface area is 204 Å². The molecule has 1 aliphatic heterocycles. The van der Waals surface area contributed by atoms with Crippen LogP contribution in [-0.4, -0.2) is 52.8 Å². The summed E-state index contributed by atoms with van der Waals surface area (Å²) >= 11 is 6.13. The van der Waals surface area contributed by atoms with Crippen LogP contribution in [0.2, 0.25) is 5.02 Å². The quantitative estimate of drug-likeness (QED) is 0.493. The molecular formula is C26H28ClN3O4. The molecular weight excluding hydrogens is 454 g/mol. The largest absolute Gasteiger partial charge is 0.490 e. The fourth-order valence-electron chi connectivity index (χ4n) is 4.25. The molecule has 1 aliphatic rings. The highest BCUT2D eigenvalue weighted by Gasteiger charge is 2.36. The SMILES string of the molecule is Cc1ocnc1C(=O)N1CC[C@H](Oc2cccc(Cl)c2)[C@@H](CC(=O)N(C)Cc2ccccc2)C1. The van der Waals surface area contributed by atoms with Crippen LogP contribution in [0.5, 0.6) is 5.75 Å². The van der Waals surface area contributed by atoms with E-state index < -0.39 is 0 Å². The topological polar surface area (TPSA) is 75.9 Å². The van der Waals surface area contributed by atoms with E-state index in [1.165, 1.54) is 6.39 Å². The van der Waals surface area contributed by atoms with Crippen LogP contribution < -0.4 is 4.74 Å². The van der Waals surface area contributed by atoms with Gasteiger partial charge < -0.3 is 19.0 Å². The van der Waals surface area contributed by atoms with Crippen LogP contribution in [0.4, 0.5) is 0 Å². The Morgan fingerprint density at radius 2 is 2.00 bits per heavy atom. The monoisotopic (exact) mass is 481 g/mol. The van der Waals surface area contributed by atoms with Gasteiger partial charge in [-0.1, -0.05) is 48.0 Å². The number of benzene rings is 2. The molecule has 1 aromatic heterocycles. The highest BCUT2D eigenvalue weighted by molar-refractivity contribution is 6.30. The molecule has 0 spiro atoms. The lowest BCUT2D eigenvalue weighted by atomic mass is 9.90. The summed E-state index contributed by atoms with van der Waals surface area (Å²) in [5, 5.41) is 0.585. The van der Waals surface area contributed by atoms with E-state index in [-0.39, 0.29) is 30.3 Å². The molecule has 8 heteroatoms. The van der Waals surface area contributed by atoms with E-state index in [1.807, 2.05) is 42.5 Å². The van der Waals surface area contributed by atoms with Gasteiger partial charge in [-0.05, 0) is 30.7 Å². The maximum Gasteiger partial charge on any atom is 0.276 e. The maximum atomic E-state index is 13.1. The number of rotatable bonds is 7. The van der Waals surface area contributed by atoms with Crippen molar-refractivity contribution in [1.82, 2.24) is 14.8 Å². The lowest BCUT2D eigenvalue weighted by molar-refractivity contribution is -0.133. The van der Waals surface area contributed by atoms with Gasteiger partial charge in [-0.15, -0.1) is 0 Å². The molecule has 2 atom stereocenters. The van der Waals surface area contributed by atoms with Crippen molar-refractivity contribution in [3.8, 4) is 5.75 Å². The number of hydrogen-bond donors (Lipinski definition) is 0. The standard InChI is InChI=1S/C26H28ClN3O4/c1-18-25(28-17-33-18)26(32)30-12-11-23(34-22-10-6-9-21(27)14-22)20(16-30)13-24(31)29(2)15-19-7-4-3-5-8-19/h3-10,14,17,20,23H,11-13,15-16H2,1-2H3/t20-,23-/m0/s1. The second-order valence-electron chi connectivity index (χ2n) is 8.61. The molecule has 0 N–H and O–H groups in total. The molecule has 0 bridgehead atoms. The van der Waals surface area contributed by atoms with Gasteiger partial charge in [-0.3, -0.25) is 9.59 Å². The average Bonchev–Trinajstić information content (AvgIpc) is 3.26. The van der Waals surface area contributed by atoms with E-state index in [0.29, 0.717) is 48.3 Å². The number of oxazole rings is 1. The number of likely N-dealkylation sites (tertiary alicyclic amines) is 1. The van der Waals surface area contributed by atoms with Crippen molar-refractivity contribution < 1.29 is 18.7 Å². The van der Waals surface area contributed by atoms with Gasteiger partial charge in [0, 0.05) is 50.5 Å². The number of carbonyl (C=O) groups excluding carboxylic acids is 2. The summed E-state index contributed by atoms with van der Waals surface area (Å²) in [7, 11) is 1.80. The highest BCUT2D eigenvalue weighted by atomic mass is 35.5. The molecule has 0 saturated carbocycles. The molecule has 34 heavy (non-hydrogen) atoms. The van der Waals surface area contributed by atoms with Crippen molar-refractivity contribution in [3.63, 3.8) is 0 Å². The predicted octanol–water partition coefficient (Wildman–Crippen LogP) is 4.59. The lowest BCUT2D eigenvalue weighted by Gasteiger charge is -2.38. The predicted molar refractivity (Wildman–Crippen MR) is 129 cm³/mol. The van der Waals surface area contributed by atoms with E-state index >= 15 is 0 Å². The maximum absolute atomic E-state index is 13.1. The summed E-state index contributed by atoms with van der Waals surface area (Å²) < 4.78 is 11.5. The van der Waals surface area contributed by atoms with Crippen LogP contribution in [0.1, 0.15) is 34.7 Å². The number of piperidine rings is 1. The Bertz CT molecular complexity index is 1130. The van der Waals surface area contributed by atoms with Gasteiger partial charge in [-0.25, -0.2) is 4.98 Å². The number of halogens is 1. The number of aryl methyl sites for hydroxylation is 1. The molecule has 2 aromatic carbocycles. The first-order valence-corrected chi connectivity index (χ1v) is 11.7. The molecule has 7 nitrogen and oxygen atoms in total. The molecule has 2 amide bonds. The number of nitrogens with zero attached hydrogens (tertiary/aromatic N) is 3. The molecule has 2 heterocycles. The Morgan fingerprint density at radius 3 is 2.71 bits per heavy atom. The van der Waals surface area contributed by atoms with Gasteiger partial charge in [0.05, 0.1) is 0 Å². The van der Waals surface area contributed by atoms with E-state index in [4.69, 9.17) is 20.8 Å². The van der Waals surface area contributed by atoms with Gasteiger partial charge in [0.2, 0.25) is 5.91 Å². The van der Waals surface area contributed by atoms with Crippen LogP contribution >= 0.6 is 11.6 Å². The van der Waals surface area contributed by atoms with Crippen LogP contribution in [0.15, 0.2) is 65.4 Å². The molecule has 0 radical (unpaired) electrons. The number of hydrogen-bond acceptors (Lipinski definition) is 5. The van der Waals surface area contributed by atoms with Crippen LogP contribution in [0.25, 0.3) is 0 Å². The first kappa shape index (κ1) is 23.8. The molecule has 3 aromatic rings. The molecule has 1 saturated heterocycles. The first-order valence-electron chi connectivity index (χ1n) is 11.3. The van der Waals surface area contributed by atoms with Crippen molar-refractivity contribution >= 4 is 23.4 Å². The smallest absolute Gasteiger partial charge is 0.276 e. The number of aromatic nitrogens is 1. The third-order valence-corrected chi connectivity index (χ3v) is 6.34. The molecule has 4 rings (SSSR count). The zero-order valence-electron chi connectivity index (χ0n) is 19.3. The normalized spacial score (nSPS) is 17.9. The summed E-state index contributed by atoms with van der Waals surface area (Å²) in [5.41, 5.74) is 1.37. The fourth-order valence-corrected chi connectivity index (χ4v) is 4.43. The Balaban J connectivity index is 1.49. The molecule has 1 fully saturated rings. The summed E-state index contributed by atoms with van der Waals surface area (Å²) in [6.07, 6.45) is 1.90. The van der Waals surface area contributed by atoms with Crippen molar-refractivity contribution in [1.29, 1.82) is 0 Å². The number of carbonyl (C=O) groups is 2. The summed E-state index contributed by atoms with van der Waals surface area (Å²) in [6.45, 7) is 3.13. The van der Waals surface area contributed by atoms with Crippen molar-refractivity contribution in [3.05, 3.63) is 83.0 Å². The van der Waals surface area contributed by atoms with E-state index in [9.17, 15) is 9.59 Å². The van der Waals surface area contributed by atoms with Crippen LogP contribution in [0.3, 0.4) is 0 Å². The highest BCUT2D eigenvalue weighted by Crippen LogP contribution is 2.28. The van der Waals surface area contributed by atoms with Crippen molar-refractivity contribution in [2.75, 3.05) is 20.1 Å². The molecule has 0 aliphatic carbocycles. The second-order valence-corrected chi connectivity index (χ2v) is 9.05. The Kier molecular flexibility index (Phi) is 7.53. The third-order valence-electron chi connectivity index (χ3n) is 6.11. The lowest BCUT2D eigenvalue weighted by Crippen LogP contribution is -2.49. The van der Waals surface area contributed by atoms with E-state index in [0.717, 1.165) is 5.56 Å². The van der Waals surface area contributed by atoms with Gasteiger partial charge in [0.25, 0.3) is 5.91 Å². The zero-order valence-corrected chi connectivity index (χ0v) is 20.1. The average molecular weight is 482 g/mol. The number of ether oxygens (including phenoxy) is 1. The summed E-state index contributed by atoms with van der Waals surface area (Å²) in [5.74, 6) is 0.759. The van der Waals surface area contributed by atoms with Gasteiger partial charge in [0.15, 0.2) is 12.1 Å². The zero-order chi connectivity index (χ0) is 24.1. The Hall–Kier alpha value is -3.32. The van der Waals surface area contributed by atoms with Gasteiger partial charge in [-0.2, -0.15) is 0 Å². The minimum atomic E-state index is -0.227. The minimum absolute atomic E-state index is 0.000429. The van der Waals surface area contributed by atoms with E-state index in [2.05, 4.69) is 4.98 Å².